The number of hydrogen-bond acceptors (Lipinski definition) is 2. The largest absolute Gasteiger partial charge is 0.481 e. The van der Waals surface area contributed by atoms with Gasteiger partial charge < -0.3 is 9.67 Å². The number of hydrogen-bond donors (Lipinski definition) is 1. The Bertz CT molecular complexity index is 357. The molecule has 0 aliphatic carbocycles. The van der Waals surface area contributed by atoms with E-state index in [0.717, 1.165) is 25.1 Å². The highest BCUT2D eigenvalue weighted by atomic mass is 16.4. The first kappa shape index (κ1) is 9.24. The van der Waals surface area contributed by atoms with Crippen molar-refractivity contribution in [1.29, 1.82) is 0 Å². The first-order chi connectivity index (χ1) is 6.66. The molecule has 1 N–H and O–H groups in total. The van der Waals surface area contributed by atoms with E-state index in [2.05, 4.69) is 16.5 Å². The summed E-state index contributed by atoms with van der Waals surface area (Å²) in [5.41, 5.74) is 0.682. The van der Waals surface area contributed by atoms with Gasteiger partial charge >= 0.3 is 5.97 Å². The first-order valence-corrected chi connectivity index (χ1v) is 4.95. The van der Waals surface area contributed by atoms with Crippen molar-refractivity contribution in [3.8, 4) is 0 Å². The molecular formula is C10H14N2O2. The molecule has 0 bridgehead atoms. The number of carboxylic acid groups (broad SMARTS) is 1. The zero-order valence-corrected chi connectivity index (χ0v) is 8.23. The molecule has 1 aliphatic rings. The Morgan fingerprint density at radius 3 is 3.21 bits per heavy atom. The molecule has 14 heavy (non-hydrogen) atoms. The number of imidazole rings is 1. The molecule has 0 saturated heterocycles. The van der Waals surface area contributed by atoms with Crippen molar-refractivity contribution >= 4 is 5.97 Å². The van der Waals surface area contributed by atoms with E-state index in [0.29, 0.717) is 11.7 Å². The molecular weight excluding hydrogens is 180 g/mol. The van der Waals surface area contributed by atoms with Crippen LogP contribution in [0.25, 0.3) is 0 Å². The summed E-state index contributed by atoms with van der Waals surface area (Å²) < 4.78 is 2.11. The summed E-state index contributed by atoms with van der Waals surface area (Å²) in [5, 5.41) is 8.64. The zero-order chi connectivity index (χ0) is 10.1. The van der Waals surface area contributed by atoms with Crippen LogP contribution in [0.2, 0.25) is 0 Å². The van der Waals surface area contributed by atoms with Crippen molar-refractivity contribution in [2.45, 2.75) is 38.6 Å². The normalized spacial score (nSPS) is 20.5. The van der Waals surface area contributed by atoms with E-state index in [1.165, 1.54) is 0 Å². The SMILES string of the molecule is CC1CCCc2nc(CC(=O)O)cn21. The molecule has 0 fully saturated rings. The third-order valence-corrected chi connectivity index (χ3v) is 2.69. The van der Waals surface area contributed by atoms with Gasteiger partial charge in [-0.25, -0.2) is 4.98 Å². The van der Waals surface area contributed by atoms with Gasteiger partial charge in [-0.3, -0.25) is 4.79 Å². The molecule has 1 aromatic heterocycles. The Kier molecular flexibility index (Phi) is 2.27. The fourth-order valence-electron chi connectivity index (χ4n) is 1.99. The molecule has 0 amide bonds. The number of aliphatic carboxylic acids is 1. The molecule has 0 spiro atoms. The summed E-state index contributed by atoms with van der Waals surface area (Å²) in [5.74, 6) is 0.230. The predicted octanol–water partition coefficient (Wildman–Crippen LogP) is 1.41. The van der Waals surface area contributed by atoms with Crippen LogP contribution in [-0.4, -0.2) is 20.6 Å². The number of aromatic nitrogens is 2. The monoisotopic (exact) mass is 194 g/mol. The molecule has 4 heteroatoms. The Balaban J connectivity index is 2.26. The summed E-state index contributed by atoms with van der Waals surface area (Å²) >= 11 is 0. The van der Waals surface area contributed by atoms with Crippen molar-refractivity contribution in [1.82, 2.24) is 9.55 Å². The van der Waals surface area contributed by atoms with Crippen LogP contribution in [0, 0.1) is 0 Å². The van der Waals surface area contributed by atoms with E-state index < -0.39 is 5.97 Å². The van der Waals surface area contributed by atoms with Gasteiger partial charge in [0.05, 0.1) is 12.1 Å². The van der Waals surface area contributed by atoms with Crippen molar-refractivity contribution in [3.05, 3.63) is 17.7 Å². The van der Waals surface area contributed by atoms with Crippen molar-refractivity contribution in [2.24, 2.45) is 0 Å². The lowest BCUT2D eigenvalue weighted by molar-refractivity contribution is -0.136. The van der Waals surface area contributed by atoms with Crippen LogP contribution >= 0.6 is 0 Å². The van der Waals surface area contributed by atoms with Crippen LogP contribution in [0.5, 0.6) is 0 Å². The molecule has 4 nitrogen and oxygen atoms in total. The van der Waals surface area contributed by atoms with E-state index >= 15 is 0 Å². The summed E-state index contributed by atoms with van der Waals surface area (Å²) in [6, 6.07) is 0.466. The molecule has 1 aromatic rings. The highest BCUT2D eigenvalue weighted by molar-refractivity contribution is 5.69. The molecule has 0 radical (unpaired) electrons. The Morgan fingerprint density at radius 2 is 2.57 bits per heavy atom. The topological polar surface area (TPSA) is 55.1 Å². The van der Waals surface area contributed by atoms with Crippen LogP contribution in [-0.2, 0) is 17.6 Å². The van der Waals surface area contributed by atoms with Crippen molar-refractivity contribution in [3.63, 3.8) is 0 Å². The molecule has 1 unspecified atom stereocenters. The lowest BCUT2D eigenvalue weighted by Crippen LogP contribution is -2.14. The van der Waals surface area contributed by atoms with Gasteiger partial charge in [-0.1, -0.05) is 0 Å². The van der Waals surface area contributed by atoms with Gasteiger partial charge in [-0.2, -0.15) is 0 Å². The molecule has 76 valence electrons. The third kappa shape index (κ3) is 1.64. The second kappa shape index (κ2) is 3.44. The highest BCUT2D eigenvalue weighted by Crippen LogP contribution is 2.24. The van der Waals surface area contributed by atoms with E-state index in [1.54, 1.807) is 0 Å². The number of carbonyl (C=O) groups is 1. The summed E-state index contributed by atoms with van der Waals surface area (Å²) in [7, 11) is 0. The minimum atomic E-state index is -0.812. The van der Waals surface area contributed by atoms with E-state index in [1.807, 2.05) is 6.20 Å². The number of nitrogens with zero attached hydrogens (tertiary/aromatic N) is 2. The van der Waals surface area contributed by atoms with Crippen molar-refractivity contribution < 1.29 is 9.90 Å². The van der Waals surface area contributed by atoms with Gasteiger partial charge in [-0.15, -0.1) is 0 Å². The van der Waals surface area contributed by atoms with E-state index in [4.69, 9.17) is 5.11 Å². The fraction of sp³-hybridized carbons (Fsp3) is 0.600. The van der Waals surface area contributed by atoms with Gasteiger partial charge in [0.25, 0.3) is 0 Å². The second-order valence-electron chi connectivity index (χ2n) is 3.87. The molecule has 1 atom stereocenters. The van der Waals surface area contributed by atoms with Gasteiger partial charge in [0.1, 0.15) is 5.82 Å². The van der Waals surface area contributed by atoms with E-state index in [9.17, 15) is 4.79 Å². The van der Waals surface area contributed by atoms with Crippen LogP contribution in [0.15, 0.2) is 6.20 Å². The maximum Gasteiger partial charge on any atom is 0.309 e. The average Bonchev–Trinajstić information content (AvgIpc) is 2.47. The fourth-order valence-corrected chi connectivity index (χ4v) is 1.99. The Morgan fingerprint density at radius 1 is 1.79 bits per heavy atom. The highest BCUT2D eigenvalue weighted by Gasteiger charge is 2.18. The van der Waals surface area contributed by atoms with Crippen LogP contribution in [0.1, 0.15) is 37.3 Å². The molecule has 1 aliphatic heterocycles. The Hall–Kier alpha value is -1.32. The third-order valence-electron chi connectivity index (χ3n) is 2.69. The number of rotatable bonds is 2. The van der Waals surface area contributed by atoms with Gasteiger partial charge in [0.15, 0.2) is 0 Å². The lowest BCUT2D eigenvalue weighted by Gasteiger charge is -2.20. The molecule has 0 aromatic carbocycles. The van der Waals surface area contributed by atoms with Crippen LogP contribution < -0.4 is 0 Å². The number of aryl methyl sites for hydroxylation is 1. The quantitative estimate of drug-likeness (QED) is 0.774. The Labute approximate surface area is 82.6 Å². The average molecular weight is 194 g/mol. The second-order valence-corrected chi connectivity index (χ2v) is 3.87. The minimum Gasteiger partial charge on any atom is -0.481 e. The zero-order valence-electron chi connectivity index (χ0n) is 8.23. The van der Waals surface area contributed by atoms with Gasteiger partial charge in [0.2, 0.25) is 0 Å². The van der Waals surface area contributed by atoms with E-state index in [-0.39, 0.29) is 6.42 Å². The van der Waals surface area contributed by atoms with Crippen LogP contribution in [0.3, 0.4) is 0 Å². The summed E-state index contributed by atoms with van der Waals surface area (Å²) in [4.78, 5) is 14.8. The lowest BCUT2D eigenvalue weighted by atomic mass is 10.1. The van der Waals surface area contributed by atoms with Gasteiger partial charge in [-0.05, 0) is 19.8 Å². The maximum absolute atomic E-state index is 10.5. The predicted molar refractivity (Wildman–Crippen MR) is 51.2 cm³/mol. The maximum atomic E-state index is 10.5. The van der Waals surface area contributed by atoms with Crippen LogP contribution in [0.4, 0.5) is 0 Å². The molecule has 0 saturated carbocycles. The summed E-state index contributed by atoms with van der Waals surface area (Å²) in [6.07, 6.45) is 5.21. The van der Waals surface area contributed by atoms with Gasteiger partial charge in [0, 0.05) is 18.7 Å². The molecule has 2 heterocycles. The minimum absolute atomic E-state index is 0.0344. The molecule has 2 rings (SSSR count). The number of carboxylic acids is 1. The summed E-state index contributed by atoms with van der Waals surface area (Å²) in [6.45, 7) is 2.15. The first-order valence-electron chi connectivity index (χ1n) is 4.95. The number of fused-ring (bicyclic) bond motifs is 1. The standard InChI is InChI=1S/C10H14N2O2/c1-7-3-2-4-9-11-8(5-10(13)14)6-12(7)9/h6-7H,2-5H2,1H3,(H,13,14). The van der Waals surface area contributed by atoms with Crippen molar-refractivity contribution in [2.75, 3.05) is 0 Å². The smallest absolute Gasteiger partial charge is 0.309 e.